The maximum absolute atomic E-state index is 5.86. The van der Waals surface area contributed by atoms with Gasteiger partial charge in [0.15, 0.2) is 5.96 Å². The van der Waals surface area contributed by atoms with Gasteiger partial charge in [-0.2, -0.15) is 0 Å². The van der Waals surface area contributed by atoms with Crippen LogP contribution in [-0.2, 0) is 4.74 Å². The van der Waals surface area contributed by atoms with Crippen molar-refractivity contribution in [1.29, 1.82) is 0 Å². The standard InChI is InChI=1S/C11H23N3O/c1-6-14-9(12)13-8-11(14,4)7-10(2,3)15-5/h6-8H2,1-5H3,(H2,12,13). The highest BCUT2D eigenvalue weighted by atomic mass is 16.5. The van der Waals surface area contributed by atoms with E-state index in [0.29, 0.717) is 5.96 Å². The topological polar surface area (TPSA) is 50.8 Å². The van der Waals surface area contributed by atoms with E-state index in [1.165, 1.54) is 0 Å². The fraction of sp³-hybridized carbons (Fsp3) is 0.909. The second-order valence-corrected chi connectivity index (χ2v) is 5.06. The Bertz CT molecular complexity index is 263. The number of nitrogens with two attached hydrogens (primary N) is 1. The molecule has 0 saturated heterocycles. The average Bonchev–Trinajstić information content (AvgIpc) is 2.41. The van der Waals surface area contributed by atoms with Gasteiger partial charge in [-0.1, -0.05) is 0 Å². The van der Waals surface area contributed by atoms with E-state index >= 15 is 0 Å². The van der Waals surface area contributed by atoms with E-state index in [1.807, 2.05) is 0 Å². The van der Waals surface area contributed by atoms with Gasteiger partial charge in [-0.25, -0.2) is 0 Å². The highest BCUT2D eigenvalue weighted by Crippen LogP contribution is 2.31. The Labute approximate surface area is 92.5 Å². The molecule has 1 aliphatic heterocycles. The first-order valence-electron chi connectivity index (χ1n) is 5.47. The summed E-state index contributed by atoms with van der Waals surface area (Å²) in [7, 11) is 1.75. The highest BCUT2D eigenvalue weighted by molar-refractivity contribution is 5.80. The van der Waals surface area contributed by atoms with E-state index < -0.39 is 0 Å². The molecule has 0 aromatic heterocycles. The molecule has 0 amide bonds. The quantitative estimate of drug-likeness (QED) is 0.763. The number of likely N-dealkylation sites (N-methyl/N-ethyl adjacent to an activating group) is 1. The second kappa shape index (κ2) is 4.00. The first kappa shape index (κ1) is 12.3. The van der Waals surface area contributed by atoms with Gasteiger partial charge in [0, 0.05) is 20.1 Å². The maximum Gasteiger partial charge on any atom is 0.191 e. The number of aliphatic imine (C=N–C) groups is 1. The molecule has 0 bridgehead atoms. The SMILES string of the molecule is CCN1C(N)=NCC1(C)CC(C)(C)OC. The Balaban J connectivity index is 2.77. The number of methoxy groups -OCH3 is 1. The van der Waals surface area contributed by atoms with Crippen LogP contribution in [0.25, 0.3) is 0 Å². The molecule has 0 aromatic carbocycles. The van der Waals surface area contributed by atoms with Gasteiger partial charge in [0.1, 0.15) is 0 Å². The monoisotopic (exact) mass is 213 g/mol. The average molecular weight is 213 g/mol. The van der Waals surface area contributed by atoms with Gasteiger partial charge < -0.3 is 15.4 Å². The zero-order valence-corrected chi connectivity index (χ0v) is 10.5. The lowest BCUT2D eigenvalue weighted by molar-refractivity contribution is -0.0165. The molecule has 1 aliphatic rings. The largest absolute Gasteiger partial charge is 0.379 e. The molecule has 88 valence electrons. The molecule has 4 nitrogen and oxygen atoms in total. The molecular formula is C11H23N3O. The third-order valence-electron chi connectivity index (χ3n) is 3.19. The molecule has 0 radical (unpaired) electrons. The zero-order valence-electron chi connectivity index (χ0n) is 10.5. The molecule has 0 saturated carbocycles. The van der Waals surface area contributed by atoms with Crippen molar-refractivity contribution < 1.29 is 4.74 Å². The van der Waals surface area contributed by atoms with Crippen molar-refractivity contribution in [3.05, 3.63) is 0 Å². The molecule has 1 heterocycles. The van der Waals surface area contributed by atoms with Crippen LogP contribution in [-0.4, -0.2) is 42.2 Å². The van der Waals surface area contributed by atoms with Crippen molar-refractivity contribution in [2.75, 3.05) is 20.2 Å². The van der Waals surface area contributed by atoms with Crippen LogP contribution in [0.1, 0.15) is 34.1 Å². The van der Waals surface area contributed by atoms with Crippen LogP contribution < -0.4 is 5.73 Å². The number of rotatable bonds is 4. The van der Waals surface area contributed by atoms with Gasteiger partial charge >= 0.3 is 0 Å². The molecule has 2 N–H and O–H groups in total. The van der Waals surface area contributed by atoms with Crippen molar-refractivity contribution >= 4 is 5.96 Å². The van der Waals surface area contributed by atoms with Gasteiger partial charge in [-0.05, 0) is 27.7 Å². The smallest absolute Gasteiger partial charge is 0.191 e. The van der Waals surface area contributed by atoms with Crippen LogP contribution >= 0.6 is 0 Å². The first-order chi connectivity index (χ1) is 6.84. The molecule has 0 spiro atoms. The van der Waals surface area contributed by atoms with Gasteiger partial charge in [-0.15, -0.1) is 0 Å². The fourth-order valence-corrected chi connectivity index (χ4v) is 2.38. The number of nitrogens with zero attached hydrogens (tertiary/aromatic N) is 2. The van der Waals surface area contributed by atoms with E-state index in [4.69, 9.17) is 10.5 Å². The Morgan fingerprint density at radius 2 is 2.20 bits per heavy atom. The zero-order chi connectivity index (χ0) is 11.7. The molecule has 0 aliphatic carbocycles. The summed E-state index contributed by atoms with van der Waals surface area (Å²) in [5.41, 5.74) is 5.72. The molecule has 1 unspecified atom stereocenters. The summed E-state index contributed by atoms with van der Waals surface area (Å²) >= 11 is 0. The number of guanidine groups is 1. The fourth-order valence-electron chi connectivity index (χ4n) is 2.38. The lowest BCUT2D eigenvalue weighted by Gasteiger charge is -2.40. The number of hydrogen-bond acceptors (Lipinski definition) is 4. The summed E-state index contributed by atoms with van der Waals surface area (Å²) in [6, 6.07) is 0. The van der Waals surface area contributed by atoms with Gasteiger partial charge in [-0.3, -0.25) is 4.99 Å². The van der Waals surface area contributed by atoms with Crippen LogP contribution in [0, 0.1) is 0 Å². The molecule has 1 atom stereocenters. The summed E-state index contributed by atoms with van der Waals surface area (Å²) in [5, 5.41) is 0. The summed E-state index contributed by atoms with van der Waals surface area (Å²) in [4.78, 5) is 6.49. The minimum absolute atomic E-state index is 0.00164. The molecule has 1 rings (SSSR count). The van der Waals surface area contributed by atoms with E-state index in [2.05, 4.69) is 37.6 Å². The van der Waals surface area contributed by atoms with Gasteiger partial charge in [0.05, 0.1) is 17.7 Å². The molecular weight excluding hydrogens is 190 g/mol. The number of hydrogen-bond donors (Lipinski definition) is 1. The van der Waals surface area contributed by atoms with Crippen LogP contribution in [0.4, 0.5) is 0 Å². The van der Waals surface area contributed by atoms with E-state index in [-0.39, 0.29) is 11.1 Å². The summed E-state index contributed by atoms with van der Waals surface area (Å²) in [6.07, 6.45) is 0.925. The summed E-state index contributed by atoms with van der Waals surface area (Å²) in [5.74, 6) is 0.659. The van der Waals surface area contributed by atoms with E-state index in [0.717, 1.165) is 19.5 Å². The van der Waals surface area contributed by atoms with E-state index in [9.17, 15) is 0 Å². The van der Waals surface area contributed by atoms with Crippen molar-refractivity contribution in [3.8, 4) is 0 Å². The van der Waals surface area contributed by atoms with Gasteiger partial charge in [0.2, 0.25) is 0 Å². The Morgan fingerprint density at radius 1 is 1.60 bits per heavy atom. The van der Waals surface area contributed by atoms with Crippen LogP contribution in [0.2, 0.25) is 0 Å². The van der Waals surface area contributed by atoms with Crippen LogP contribution in [0.15, 0.2) is 4.99 Å². The van der Waals surface area contributed by atoms with Gasteiger partial charge in [0.25, 0.3) is 0 Å². The van der Waals surface area contributed by atoms with Crippen molar-refractivity contribution in [3.63, 3.8) is 0 Å². The normalized spacial score (nSPS) is 27.0. The molecule has 0 aromatic rings. The predicted octanol–water partition coefficient (Wildman–Crippen LogP) is 1.21. The van der Waals surface area contributed by atoms with Crippen LogP contribution in [0.3, 0.4) is 0 Å². The van der Waals surface area contributed by atoms with Crippen LogP contribution in [0.5, 0.6) is 0 Å². The summed E-state index contributed by atoms with van der Waals surface area (Å²) in [6.45, 7) is 10.2. The van der Waals surface area contributed by atoms with Crippen molar-refractivity contribution in [2.24, 2.45) is 10.7 Å². The molecule has 4 heteroatoms. The second-order valence-electron chi connectivity index (χ2n) is 5.06. The molecule has 15 heavy (non-hydrogen) atoms. The molecule has 0 fully saturated rings. The first-order valence-corrected chi connectivity index (χ1v) is 5.47. The Morgan fingerprint density at radius 3 is 2.67 bits per heavy atom. The van der Waals surface area contributed by atoms with E-state index in [1.54, 1.807) is 7.11 Å². The maximum atomic E-state index is 5.86. The third-order valence-corrected chi connectivity index (χ3v) is 3.19. The third kappa shape index (κ3) is 2.43. The number of ether oxygens (including phenoxy) is 1. The lowest BCUT2D eigenvalue weighted by atomic mass is 9.87. The Kier molecular flexibility index (Phi) is 3.28. The minimum Gasteiger partial charge on any atom is -0.379 e. The minimum atomic E-state index is -0.137. The highest BCUT2D eigenvalue weighted by Gasteiger charge is 2.41. The summed E-state index contributed by atoms with van der Waals surface area (Å²) < 4.78 is 5.47. The Hall–Kier alpha value is -0.770. The lowest BCUT2D eigenvalue weighted by Crippen LogP contribution is -2.52. The predicted molar refractivity (Wildman–Crippen MR) is 63.0 cm³/mol. The van der Waals surface area contributed by atoms with Crippen molar-refractivity contribution in [1.82, 2.24) is 4.90 Å². The van der Waals surface area contributed by atoms with Crippen molar-refractivity contribution in [2.45, 2.75) is 45.3 Å².